The van der Waals surface area contributed by atoms with E-state index in [1.165, 1.54) is 84.7 Å². The third-order valence-corrected chi connectivity index (χ3v) is 28.4. The van der Waals surface area contributed by atoms with E-state index in [4.69, 9.17) is 9.15 Å². The van der Waals surface area contributed by atoms with Gasteiger partial charge < -0.3 is 0 Å². The molecule has 2 heterocycles. The Balaban J connectivity index is 2.20. The van der Waals surface area contributed by atoms with Crippen LogP contribution in [0.15, 0.2) is 26.6 Å². The molecule has 0 saturated heterocycles. The van der Waals surface area contributed by atoms with Crippen molar-refractivity contribution in [2.24, 2.45) is 0 Å². The Kier molecular flexibility index (Phi) is 11.1. The van der Waals surface area contributed by atoms with E-state index in [-0.39, 0.29) is 6.10 Å². The zero-order chi connectivity index (χ0) is 22.0. The molecule has 1 unspecified atom stereocenters. The summed E-state index contributed by atoms with van der Waals surface area (Å²) in [6.45, 7) is 14.1. The molecule has 0 spiro atoms. The fourth-order valence-corrected chi connectivity index (χ4v) is 24.5. The van der Waals surface area contributed by atoms with Crippen LogP contribution in [-0.4, -0.2) is 26.5 Å². The predicted octanol–water partition coefficient (Wildman–Crippen LogP) is 8.73. The first-order valence-corrected chi connectivity index (χ1v) is 23.1. The van der Waals surface area contributed by atoms with Gasteiger partial charge in [0, 0.05) is 0 Å². The first-order valence-electron chi connectivity index (χ1n) is 13.0. The van der Waals surface area contributed by atoms with E-state index in [9.17, 15) is 0 Å². The van der Waals surface area contributed by atoms with E-state index in [0.29, 0.717) is 0 Å². The van der Waals surface area contributed by atoms with Crippen LogP contribution in [-0.2, 0) is 4.74 Å². The van der Waals surface area contributed by atoms with Gasteiger partial charge in [0.2, 0.25) is 0 Å². The van der Waals surface area contributed by atoms with Gasteiger partial charge in [-0.25, -0.2) is 0 Å². The topological polar surface area (TPSA) is 22.4 Å². The summed E-state index contributed by atoms with van der Waals surface area (Å²) in [6, 6.07) is 6.19. The van der Waals surface area contributed by atoms with Gasteiger partial charge in [-0.1, -0.05) is 0 Å². The van der Waals surface area contributed by atoms with Crippen molar-refractivity contribution in [3.05, 3.63) is 27.7 Å². The number of rotatable bonds is 15. The third kappa shape index (κ3) is 5.99. The Bertz CT molecular complexity index is 617. The predicted molar refractivity (Wildman–Crippen MR) is 137 cm³/mol. The van der Waals surface area contributed by atoms with Crippen LogP contribution in [0.3, 0.4) is 0 Å². The second kappa shape index (κ2) is 12.8. The first-order chi connectivity index (χ1) is 14.5. The van der Waals surface area contributed by atoms with E-state index in [2.05, 4.69) is 53.7 Å². The number of furan rings is 1. The fraction of sp³-hybridized carbons (Fsp3) is 0.769. The van der Waals surface area contributed by atoms with Gasteiger partial charge in [-0.05, 0) is 0 Å². The maximum atomic E-state index is 6.84. The summed E-state index contributed by atoms with van der Waals surface area (Å²) >= 11 is -2.45. The van der Waals surface area contributed by atoms with Crippen LogP contribution in [0.5, 0.6) is 0 Å². The molecule has 1 aliphatic rings. The van der Waals surface area contributed by atoms with E-state index in [1.54, 1.807) is 0 Å². The minimum absolute atomic E-state index is 0.204. The second-order valence-electron chi connectivity index (χ2n) is 9.59. The summed E-state index contributed by atoms with van der Waals surface area (Å²) in [7, 11) is -1.46. The second-order valence-corrected chi connectivity index (χ2v) is 27.8. The molecule has 0 amide bonds. The van der Waals surface area contributed by atoms with E-state index >= 15 is 0 Å². The SMILES string of the molecule is CCC[CH2][Sn]([CH2]CCC)([CH2]CCC)[C]1=CCC(c2coc([Si](CC)(CC)CC)c2)O1. The van der Waals surface area contributed by atoms with Crippen LogP contribution >= 0.6 is 0 Å². The van der Waals surface area contributed by atoms with Crippen LogP contribution in [0.2, 0.25) is 31.4 Å². The number of ether oxygens (including phenoxy) is 1. The van der Waals surface area contributed by atoms with Crippen LogP contribution in [0.1, 0.15) is 98.2 Å². The third-order valence-electron chi connectivity index (χ3n) is 7.88. The molecule has 0 saturated carbocycles. The molecule has 0 N–H and O–H groups in total. The van der Waals surface area contributed by atoms with Gasteiger partial charge in [0.1, 0.15) is 0 Å². The number of hydrogen-bond donors (Lipinski definition) is 0. The van der Waals surface area contributed by atoms with Gasteiger partial charge in [-0.15, -0.1) is 0 Å². The minimum atomic E-state index is -2.45. The van der Waals surface area contributed by atoms with Gasteiger partial charge in [-0.3, -0.25) is 0 Å². The molecule has 1 aromatic heterocycles. The van der Waals surface area contributed by atoms with Crippen LogP contribution in [0, 0.1) is 0 Å². The molecule has 2 rings (SSSR count). The van der Waals surface area contributed by atoms with Gasteiger partial charge in [0.05, 0.1) is 0 Å². The average Bonchev–Trinajstić information content (AvgIpc) is 3.46. The van der Waals surface area contributed by atoms with Gasteiger partial charge >= 0.3 is 193 Å². The Morgan fingerprint density at radius 3 is 1.87 bits per heavy atom. The van der Waals surface area contributed by atoms with Gasteiger partial charge in [0.15, 0.2) is 0 Å². The molecular weight excluding hydrogens is 491 g/mol. The van der Waals surface area contributed by atoms with Crippen molar-refractivity contribution in [1.29, 1.82) is 0 Å². The normalized spacial score (nSPS) is 17.3. The Labute approximate surface area is 192 Å². The first kappa shape index (κ1) is 26.1. The molecule has 1 aliphatic heterocycles. The van der Waals surface area contributed by atoms with E-state index < -0.39 is 26.5 Å². The van der Waals surface area contributed by atoms with E-state index in [0.717, 1.165) is 6.42 Å². The molecule has 0 radical (unpaired) electrons. The van der Waals surface area contributed by atoms with Crippen molar-refractivity contribution in [1.82, 2.24) is 0 Å². The quantitative estimate of drug-likeness (QED) is 0.208. The standard InChI is InChI=1S/C14H21O2Si.3C4H9.Sn/c1-4-17(5-2,6-3)14-10-12(11-16-14)13-8-7-9-15-13;3*1-3-4-2;/h7,10-11,13H,4-6,8H2,1-3H3;3*1,3-4H2,2H3;. The van der Waals surface area contributed by atoms with E-state index in [1.807, 2.05) is 6.26 Å². The van der Waals surface area contributed by atoms with Crippen molar-refractivity contribution in [3.8, 4) is 0 Å². The Morgan fingerprint density at radius 2 is 1.40 bits per heavy atom. The molecule has 0 fully saturated rings. The van der Waals surface area contributed by atoms with Crippen molar-refractivity contribution < 1.29 is 9.15 Å². The van der Waals surface area contributed by atoms with Crippen molar-refractivity contribution in [2.75, 3.05) is 0 Å². The molecule has 2 nitrogen and oxygen atoms in total. The zero-order valence-corrected chi connectivity index (χ0v) is 24.7. The average molecular weight is 539 g/mol. The van der Waals surface area contributed by atoms with Gasteiger partial charge in [-0.2, -0.15) is 0 Å². The van der Waals surface area contributed by atoms with Crippen molar-refractivity contribution >= 4 is 31.8 Å². The molecular formula is C26H48O2SiSn. The molecule has 1 atom stereocenters. The van der Waals surface area contributed by atoms with Crippen molar-refractivity contribution in [3.63, 3.8) is 0 Å². The summed E-state index contributed by atoms with van der Waals surface area (Å²) < 4.78 is 19.0. The van der Waals surface area contributed by atoms with Crippen LogP contribution in [0.4, 0.5) is 0 Å². The summed E-state index contributed by atoms with van der Waals surface area (Å²) in [6.07, 6.45) is 13.9. The zero-order valence-electron chi connectivity index (χ0n) is 20.8. The van der Waals surface area contributed by atoms with Gasteiger partial charge in [0.25, 0.3) is 0 Å². The molecule has 4 heteroatoms. The monoisotopic (exact) mass is 540 g/mol. The maximum absolute atomic E-state index is 6.84. The van der Waals surface area contributed by atoms with Crippen LogP contribution < -0.4 is 5.38 Å². The molecule has 30 heavy (non-hydrogen) atoms. The molecule has 1 aromatic rings. The summed E-state index contributed by atoms with van der Waals surface area (Å²) in [5, 5.41) is 1.31. The number of hydrogen-bond acceptors (Lipinski definition) is 2. The molecule has 172 valence electrons. The van der Waals surface area contributed by atoms with Crippen molar-refractivity contribution in [2.45, 2.75) is 124 Å². The summed E-state index contributed by atoms with van der Waals surface area (Å²) in [5.41, 5.74) is 1.30. The van der Waals surface area contributed by atoms with Crippen LogP contribution in [0.25, 0.3) is 0 Å². The summed E-state index contributed by atoms with van der Waals surface area (Å²) in [4.78, 5) is 0. The Morgan fingerprint density at radius 1 is 0.867 bits per heavy atom. The molecule has 0 aromatic carbocycles. The fourth-order valence-electron chi connectivity index (χ4n) is 5.37. The summed E-state index contributed by atoms with van der Waals surface area (Å²) in [5.74, 6) is 0. The molecule has 0 bridgehead atoms. The Hall–Kier alpha value is -0.164. The molecule has 0 aliphatic carbocycles. The number of unbranched alkanes of at least 4 members (excludes halogenated alkanes) is 3.